The molecular formula is C21H24FNO2. The Morgan fingerprint density at radius 3 is 2.84 bits per heavy atom. The van der Waals surface area contributed by atoms with E-state index in [9.17, 15) is 14.3 Å². The van der Waals surface area contributed by atoms with Crippen LogP contribution in [0.1, 0.15) is 40.7 Å². The third-order valence-corrected chi connectivity index (χ3v) is 5.12. The van der Waals surface area contributed by atoms with Crippen molar-refractivity contribution in [3.63, 3.8) is 0 Å². The number of nitrogens with zero attached hydrogens (tertiary/aromatic N) is 1. The van der Waals surface area contributed by atoms with Crippen molar-refractivity contribution < 1.29 is 14.3 Å². The molecule has 25 heavy (non-hydrogen) atoms. The van der Waals surface area contributed by atoms with Gasteiger partial charge in [-0.1, -0.05) is 24.3 Å². The molecule has 3 rings (SSSR count). The molecule has 0 aliphatic carbocycles. The van der Waals surface area contributed by atoms with Crippen molar-refractivity contribution in [2.75, 3.05) is 13.1 Å². The Hall–Kier alpha value is -2.36. The summed E-state index contributed by atoms with van der Waals surface area (Å²) >= 11 is 0. The number of carbonyl (C=O) groups excluding carboxylic acids is 1. The van der Waals surface area contributed by atoms with Gasteiger partial charge in [0.15, 0.2) is 0 Å². The quantitative estimate of drug-likeness (QED) is 0.899. The van der Waals surface area contributed by atoms with Gasteiger partial charge in [0.1, 0.15) is 11.6 Å². The number of amides is 1. The van der Waals surface area contributed by atoms with Crippen LogP contribution in [0.25, 0.3) is 0 Å². The molecule has 1 amide bonds. The fourth-order valence-corrected chi connectivity index (χ4v) is 3.57. The molecule has 1 fully saturated rings. The van der Waals surface area contributed by atoms with E-state index in [1.807, 2.05) is 17.0 Å². The molecule has 1 N–H and O–H groups in total. The molecule has 132 valence electrons. The van der Waals surface area contributed by atoms with E-state index < -0.39 is 0 Å². The molecule has 3 nitrogen and oxygen atoms in total. The number of likely N-dealkylation sites (tertiary alicyclic amines) is 1. The number of phenols is 1. The Balaban J connectivity index is 1.64. The number of phenolic OH excluding ortho intramolecular Hbond substituents is 1. The number of benzene rings is 2. The highest BCUT2D eigenvalue weighted by Gasteiger charge is 2.25. The van der Waals surface area contributed by atoms with Crippen LogP contribution in [0.15, 0.2) is 42.5 Å². The topological polar surface area (TPSA) is 40.5 Å². The Morgan fingerprint density at radius 1 is 1.24 bits per heavy atom. The molecule has 0 saturated carbocycles. The zero-order valence-electron chi connectivity index (χ0n) is 14.5. The van der Waals surface area contributed by atoms with Crippen molar-refractivity contribution in [1.29, 1.82) is 0 Å². The van der Waals surface area contributed by atoms with Crippen LogP contribution in [0.2, 0.25) is 0 Å². The molecule has 4 heteroatoms. The van der Waals surface area contributed by atoms with E-state index >= 15 is 0 Å². The van der Waals surface area contributed by atoms with E-state index in [4.69, 9.17) is 0 Å². The van der Waals surface area contributed by atoms with E-state index in [1.165, 1.54) is 6.07 Å². The molecular weight excluding hydrogens is 317 g/mol. The van der Waals surface area contributed by atoms with E-state index in [2.05, 4.69) is 0 Å². The molecule has 2 aromatic carbocycles. The Morgan fingerprint density at radius 2 is 2.04 bits per heavy atom. The van der Waals surface area contributed by atoms with E-state index in [0.29, 0.717) is 30.0 Å². The van der Waals surface area contributed by atoms with Crippen LogP contribution < -0.4 is 0 Å². The van der Waals surface area contributed by atoms with Gasteiger partial charge in [0.2, 0.25) is 0 Å². The number of piperidine rings is 1. The lowest BCUT2D eigenvalue weighted by molar-refractivity contribution is 0.0667. The summed E-state index contributed by atoms with van der Waals surface area (Å²) in [6.45, 7) is 3.20. The van der Waals surface area contributed by atoms with Crippen molar-refractivity contribution >= 4 is 5.91 Å². The molecule has 0 radical (unpaired) electrons. The summed E-state index contributed by atoms with van der Waals surface area (Å²) in [6, 6.07) is 12.0. The monoisotopic (exact) mass is 341 g/mol. The molecule has 1 aliphatic heterocycles. The summed E-state index contributed by atoms with van der Waals surface area (Å²) in [5.41, 5.74) is 1.94. The average molecular weight is 341 g/mol. The molecule has 1 atom stereocenters. The second-order valence-corrected chi connectivity index (χ2v) is 6.84. The SMILES string of the molecule is Cc1c(O)cccc1C(=O)N1CCCC(CCc2ccccc2F)C1. The molecule has 1 saturated heterocycles. The first-order valence-corrected chi connectivity index (χ1v) is 8.87. The number of halogens is 1. The predicted molar refractivity (Wildman–Crippen MR) is 96.2 cm³/mol. The second kappa shape index (κ2) is 7.68. The van der Waals surface area contributed by atoms with Gasteiger partial charge >= 0.3 is 0 Å². The second-order valence-electron chi connectivity index (χ2n) is 6.84. The van der Waals surface area contributed by atoms with Crippen LogP contribution in [-0.4, -0.2) is 29.0 Å². The van der Waals surface area contributed by atoms with Crippen molar-refractivity contribution in [2.45, 2.75) is 32.6 Å². The smallest absolute Gasteiger partial charge is 0.254 e. The summed E-state index contributed by atoms with van der Waals surface area (Å²) < 4.78 is 13.8. The van der Waals surface area contributed by atoms with Crippen molar-refractivity contribution in [1.82, 2.24) is 4.90 Å². The first-order valence-electron chi connectivity index (χ1n) is 8.87. The Labute approximate surface area is 148 Å². The number of carbonyl (C=O) groups is 1. The maximum Gasteiger partial charge on any atom is 0.254 e. The standard InChI is InChI=1S/C21H24FNO2/c1-15-18(8-4-10-20(15)24)21(25)23-13-5-6-16(14-23)11-12-17-7-2-3-9-19(17)22/h2-4,7-10,16,24H,5-6,11-14H2,1H3. The lowest BCUT2D eigenvalue weighted by atomic mass is 9.91. The molecule has 1 heterocycles. The number of hydrogen-bond acceptors (Lipinski definition) is 2. The zero-order valence-corrected chi connectivity index (χ0v) is 14.5. The fourth-order valence-electron chi connectivity index (χ4n) is 3.57. The highest BCUT2D eigenvalue weighted by Crippen LogP contribution is 2.26. The number of hydrogen-bond donors (Lipinski definition) is 1. The number of aromatic hydroxyl groups is 1. The van der Waals surface area contributed by atoms with Crippen LogP contribution >= 0.6 is 0 Å². The highest BCUT2D eigenvalue weighted by atomic mass is 19.1. The summed E-state index contributed by atoms with van der Waals surface area (Å²) in [7, 11) is 0. The zero-order chi connectivity index (χ0) is 17.8. The van der Waals surface area contributed by atoms with Gasteiger partial charge in [0.25, 0.3) is 5.91 Å². The van der Waals surface area contributed by atoms with Gasteiger partial charge < -0.3 is 10.0 Å². The minimum atomic E-state index is -0.151. The van der Waals surface area contributed by atoms with Gasteiger partial charge in [-0.05, 0) is 62.3 Å². The van der Waals surface area contributed by atoms with Crippen molar-refractivity contribution in [2.24, 2.45) is 5.92 Å². The summed E-state index contributed by atoms with van der Waals surface area (Å²) in [6.07, 6.45) is 3.61. The lowest BCUT2D eigenvalue weighted by Gasteiger charge is -2.33. The molecule has 0 bridgehead atoms. The number of rotatable bonds is 4. The molecule has 1 aliphatic rings. The third kappa shape index (κ3) is 4.01. The van der Waals surface area contributed by atoms with Crippen molar-refractivity contribution in [3.8, 4) is 5.75 Å². The fraction of sp³-hybridized carbons (Fsp3) is 0.381. The molecule has 0 aromatic heterocycles. The van der Waals surface area contributed by atoms with Gasteiger partial charge in [-0.15, -0.1) is 0 Å². The average Bonchev–Trinajstić information content (AvgIpc) is 2.63. The minimum absolute atomic E-state index is 0.0241. The van der Waals surface area contributed by atoms with Gasteiger partial charge in [-0.2, -0.15) is 0 Å². The van der Waals surface area contributed by atoms with Gasteiger partial charge in [-0.3, -0.25) is 4.79 Å². The van der Waals surface area contributed by atoms with Crippen LogP contribution in [0.3, 0.4) is 0 Å². The summed E-state index contributed by atoms with van der Waals surface area (Å²) in [4.78, 5) is 14.7. The van der Waals surface area contributed by atoms with Crippen LogP contribution in [0.4, 0.5) is 4.39 Å². The normalized spacial score (nSPS) is 17.5. The summed E-state index contributed by atoms with van der Waals surface area (Å²) in [5, 5.41) is 9.83. The molecule has 2 aromatic rings. The molecule has 1 unspecified atom stereocenters. The van der Waals surface area contributed by atoms with Gasteiger partial charge in [0.05, 0.1) is 0 Å². The minimum Gasteiger partial charge on any atom is -0.508 e. The largest absolute Gasteiger partial charge is 0.508 e. The van der Waals surface area contributed by atoms with Crippen LogP contribution in [0.5, 0.6) is 5.75 Å². The third-order valence-electron chi connectivity index (χ3n) is 5.12. The Kier molecular flexibility index (Phi) is 5.37. The molecule has 0 spiro atoms. The van der Waals surface area contributed by atoms with Gasteiger partial charge in [0, 0.05) is 24.2 Å². The first-order chi connectivity index (χ1) is 12.1. The van der Waals surface area contributed by atoms with E-state index in [-0.39, 0.29) is 17.5 Å². The predicted octanol–water partition coefficient (Wildman–Crippen LogP) is 4.32. The Bertz CT molecular complexity index is 759. The first kappa shape index (κ1) is 17.5. The summed E-state index contributed by atoms with van der Waals surface area (Å²) in [5.74, 6) is 0.361. The van der Waals surface area contributed by atoms with E-state index in [1.54, 1.807) is 31.2 Å². The van der Waals surface area contributed by atoms with Crippen LogP contribution in [-0.2, 0) is 6.42 Å². The van der Waals surface area contributed by atoms with Gasteiger partial charge in [-0.25, -0.2) is 4.39 Å². The van der Waals surface area contributed by atoms with E-state index in [0.717, 1.165) is 31.4 Å². The van der Waals surface area contributed by atoms with Crippen molar-refractivity contribution in [3.05, 3.63) is 65.0 Å². The van der Waals surface area contributed by atoms with Crippen LogP contribution in [0, 0.1) is 18.7 Å². The highest BCUT2D eigenvalue weighted by molar-refractivity contribution is 5.96. The lowest BCUT2D eigenvalue weighted by Crippen LogP contribution is -2.40. The maximum atomic E-state index is 13.8. The maximum absolute atomic E-state index is 13.8. The number of aryl methyl sites for hydroxylation is 1.